The molecule has 1 aliphatic heterocycles. The van der Waals surface area contributed by atoms with Gasteiger partial charge in [-0.1, -0.05) is 6.07 Å². The Labute approximate surface area is 209 Å². The van der Waals surface area contributed by atoms with E-state index < -0.39 is 5.63 Å². The Hall–Kier alpha value is -4.15. The van der Waals surface area contributed by atoms with E-state index in [-0.39, 0.29) is 11.3 Å². The number of morpholine rings is 1. The molecule has 0 spiro atoms. The van der Waals surface area contributed by atoms with E-state index in [2.05, 4.69) is 20.3 Å². The summed E-state index contributed by atoms with van der Waals surface area (Å²) in [4.78, 5) is 40.5. The van der Waals surface area contributed by atoms with Crippen molar-refractivity contribution >= 4 is 55.6 Å². The molecule has 9 nitrogen and oxygen atoms in total. The highest BCUT2D eigenvalue weighted by Crippen LogP contribution is 2.32. The number of nitrogens with one attached hydrogen (secondary N) is 1. The molecule has 1 N–H and O–H groups in total. The van der Waals surface area contributed by atoms with E-state index in [0.29, 0.717) is 54.6 Å². The largest absolute Gasteiger partial charge is 0.422 e. The van der Waals surface area contributed by atoms with Gasteiger partial charge in [-0.25, -0.2) is 19.7 Å². The lowest BCUT2D eigenvalue weighted by atomic mass is 10.1. The van der Waals surface area contributed by atoms with E-state index >= 15 is 0 Å². The van der Waals surface area contributed by atoms with Crippen molar-refractivity contribution < 1.29 is 13.9 Å². The van der Waals surface area contributed by atoms with Crippen molar-refractivity contribution in [3.05, 3.63) is 70.2 Å². The van der Waals surface area contributed by atoms with Gasteiger partial charge in [-0.2, -0.15) is 0 Å². The molecular weight excluding hydrogens is 478 g/mol. The predicted octanol–water partition coefficient (Wildman–Crippen LogP) is 4.64. The van der Waals surface area contributed by atoms with Crippen LogP contribution in [0.1, 0.15) is 17.3 Å². The summed E-state index contributed by atoms with van der Waals surface area (Å²) in [6.45, 7) is 3.62. The van der Waals surface area contributed by atoms with Gasteiger partial charge in [-0.15, -0.1) is 11.3 Å². The molecule has 0 unspecified atom stereocenters. The number of ether oxygens (including phenoxy) is 1. The van der Waals surface area contributed by atoms with Gasteiger partial charge in [0, 0.05) is 42.0 Å². The molecule has 3 aromatic heterocycles. The number of Topliss-reactive ketones (excluding diaryl/α,β-unsaturated/α-hetero) is 1. The fourth-order valence-corrected chi connectivity index (χ4v) is 5.07. The second-order valence-corrected chi connectivity index (χ2v) is 9.29. The minimum atomic E-state index is -0.649. The number of thiazole rings is 1. The number of carbonyl (C=O) groups is 1. The molecule has 0 radical (unpaired) electrons. The summed E-state index contributed by atoms with van der Waals surface area (Å²) in [5, 5.41) is 3.89. The Morgan fingerprint density at radius 3 is 2.78 bits per heavy atom. The molecule has 2 aromatic carbocycles. The number of rotatable bonds is 5. The molecule has 0 amide bonds. The predicted molar refractivity (Wildman–Crippen MR) is 139 cm³/mol. The SMILES string of the molecule is CC(=O)c1c(N2CCOCC2)c2ccc(Nc3nccc(-c4ccc5scnc5c4)n3)cc2oc1=O. The maximum Gasteiger partial charge on any atom is 0.349 e. The maximum absolute atomic E-state index is 12.8. The zero-order valence-corrected chi connectivity index (χ0v) is 20.2. The standard InChI is InChI=1S/C26H21N5O4S/c1-15(32)23-24(31-8-10-34-11-9-31)18-4-3-17(13-21(18)35-25(23)33)29-26-27-7-6-19(30-26)16-2-5-22-20(12-16)28-14-36-22/h2-7,12-14H,8-11H2,1H3,(H,27,29,30). The Morgan fingerprint density at radius 1 is 1.08 bits per heavy atom. The number of nitrogens with zero attached hydrogens (tertiary/aromatic N) is 4. The van der Waals surface area contributed by atoms with Crippen LogP contribution in [0.25, 0.3) is 32.4 Å². The van der Waals surface area contributed by atoms with Crippen LogP contribution in [-0.4, -0.2) is 47.0 Å². The first-order chi connectivity index (χ1) is 17.6. The second kappa shape index (κ2) is 9.14. The lowest BCUT2D eigenvalue weighted by Gasteiger charge is -2.30. The van der Waals surface area contributed by atoms with Crippen LogP contribution >= 0.6 is 11.3 Å². The van der Waals surface area contributed by atoms with Gasteiger partial charge in [-0.3, -0.25) is 4.79 Å². The number of ketones is 1. The minimum Gasteiger partial charge on any atom is -0.422 e. The summed E-state index contributed by atoms with van der Waals surface area (Å²) < 4.78 is 12.1. The molecule has 1 saturated heterocycles. The number of aromatic nitrogens is 3. The molecular formula is C26H21N5O4S. The summed E-state index contributed by atoms with van der Waals surface area (Å²) in [5.74, 6) is 0.0803. The Balaban J connectivity index is 1.36. The monoisotopic (exact) mass is 499 g/mol. The summed E-state index contributed by atoms with van der Waals surface area (Å²) >= 11 is 1.60. The highest BCUT2D eigenvalue weighted by molar-refractivity contribution is 7.16. The van der Waals surface area contributed by atoms with Gasteiger partial charge in [0.15, 0.2) is 5.78 Å². The van der Waals surface area contributed by atoms with Crippen LogP contribution in [0.3, 0.4) is 0 Å². The van der Waals surface area contributed by atoms with Crippen molar-refractivity contribution in [1.82, 2.24) is 15.0 Å². The maximum atomic E-state index is 12.8. The van der Waals surface area contributed by atoms with Crippen LogP contribution in [0, 0.1) is 0 Å². The average molecular weight is 500 g/mol. The van der Waals surface area contributed by atoms with E-state index in [4.69, 9.17) is 9.15 Å². The highest BCUT2D eigenvalue weighted by atomic mass is 32.1. The molecule has 180 valence electrons. The normalized spacial score (nSPS) is 13.9. The van der Waals surface area contributed by atoms with Crippen LogP contribution in [-0.2, 0) is 4.74 Å². The Kier molecular flexibility index (Phi) is 5.67. The minimum absolute atomic E-state index is 0.0678. The van der Waals surface area contributed by atoms with Crippen molar-refractivity contribution in [3.63, 3.8) is 0 Å². The van der Waals surface area contributed by atoms with Crippen molar-refractivity contribution in [2.24, 2.45) is 0 Å². The average Bonchev–Trinajstić information content (AvgIpc) is 3.36. The molecule has 1 fully saturated rings. The van der Waals surface area contributed by atoms with Crippen LogP contribution in [0.5, 0.6) is 0 Å². The van der Waals surface area contributed by atoms with Crippen LogP contribution in [0.15, 0.2) is 63.4 Å². The number of fused-ring (bicyclic) bond motifs is 2. The van der Waals surface area contributed by atoms with Crippen molar-refractivity contribution in [3.8, 4) is 11.3 Å². The number of benzene rings is 2. The number of anilines is 3. The van der Waals surface area contributed by atoms with Gasteiger partial charge in [-0.05, 0) is 37.3 Å². The molecule has 4 heterocycles. The molecule has 0 aliphatic carbocycles. The fraction of sp³-hybridized carbons (Fsp3) is 0.192. The van der Waals surface area contributed by atoms with Crippen LogP contribution < -0.4 is 15.8 Å². The Bertz CT molecular complexity index is 1670. The molecule has 36 heavy (non-hydrogen) atoms. The Morgan fingerprint density at radius 2 is 1.94 bits per heavy atom. The molecule has 1 aliphatic rings. The van der Waals surface area contributed by atoms with Gasteiger partial charge in [0.2, 0.25) is 5.95 Å². The third-order valence-electron chi connectivity index (χ3n) is 6.10. The van der Waals surface area contributed by atoms with Gasteiger partial charge in [0.1, 0.15) is 11.1 Å². The van der Waals surface area contributed by atoms with Crippen LogP contribution in [0.2, 0.25) is 0 Å². The number of hydrogen-bond donors (Lipinski definition) is 1. The van der Waals surface area contributed by atoms with Gasteiger partial charge in [0.05, 0.1) is 40.3 Å². The molecule has 10 heteroatoms. The molecule has 0 bridgehead atoms. The zero-order chi connectivity index (χ0) is 24.6. The molecule has 0 saturated carbocycles. The van der Waals surface area contributed by atoms with Crippen molar-refractivity contribution in [1.29, 1.82) is 0 Å². The zero-order valence-electron chi connectivity index (χ0n) is 19.4. The van der Waals surface area contributed by atoms with E-state index in [1.165, 1.54) is 6.92 Å². The third-order valence-corrected chi connectivity index (χ3v) is 6.91. The van der Waals surface area contributed by atoms with E-state index in [1.54, 1.807) is 23.6 Å². The summed E-state index contributed by atoms with van der Waals surface area (Å²) in [5.41, 5.74) is 5.50. The first kappa shape index (κ1) is 22.3. The summed E-state index contributed by atoms with van der Waals surface area (Å²) in [6.07, 6.45) is 1.69. The third kappa shape index (κ3) is 4.10. The molecule has 0 atom stereocenters. The van der Waals surface area contributed by atoms with Gasteiger partial charge < -0.3 is 19.4 Å². The first-order valence-electron chi connectivity index (χ1n) is 11.4. The lowest BCUT2D eigenvalue weighted by Crippen LogP contribution is -2.38. The van der Waals surface area contributed by atoms with Crippen molar-refractivity contribution in [2.75, 3.05) is 36.5 Å². The van der Waals surface area contributed by atoms with Gasteiger partial charge in [0.25, 0.3) is 0 Å². The fourth-order valence-electron chi connectivity index (χ4n) is 4.41. The van der Waals surface area contributed by atoms with Gasteiger partial charge >= 0.3 is 5.63 Å². The van der Waals surface area contributed by atoms with E-state index in [1.807, 2.05) is 46.8 Å². The number of hydrogen-bond acceptors (Lipinski definition) is 10. The van der Waals surface area contributed by atoms with Crippen LogP contribution in [0.4, 0.5) is 17.3 Å². The highest BCUT2D eigenvalue weighted by Gasteiger charge is 2.24. The van der Waals surface area contributed by atoms with E-state index in [0.717, 1.165) is 21.5 Å². The summed E-state index contributed by atoms with van der Waals surface area (Å²) in [7, 11) is 0. The second-order valence-electron chi connectivity index (χ2n) is 8.41. The first-order valence-corrected chi connectivity index (χ1v) is 12.3. The van der Waals surface area contributed by atoms with Crippen molar-refractivity contribution in [2.45, 2.75) is 6.92 Å². The number of carbonyl (C=O) groups excluding carboxylic acids is 1. The summed E-state index contributed by atoms with van der Waals surface area (Å²) in [6, 6.07) is 13.3. The topological polar surface area (TPSA) is 110 Å². The lowest BCUT2D eigenvalue weighted by molar-refractivity contribution is 0.101. The molecule has 5 aromatic rings. The van der Waals surface area contributed by atoms with E-state index in [9.17, 15) is 9.59 Å². The quantitative estimate of drug-likeness (QED) is 0.273. The molecule has 6 rings (SSSR count). The smallest absolute Gasteiger partial charge is 0.349 e.